The Hall–Kier alpha value is -0.530. The Balaban J connectivity index is 0.00000242. The van der Waals surface area contributed by atoms with E-state index in [4.69, 9.17) is 9.47 Å². The Kier molecular flexibility index (Phi) is 8.49. The smallest absolute Gasteiger partial charge is 0.161 e. The fourth-order valence-electron chi connectivity index (χ4n) is 2.78. The van der Waals surface area contributed by atoms with Crippen molar-refractivity contribution in [3.8, 4) is 11.5 Å². The van der Waals surface area contributed by atoms with Gasteiger partial charge < -0.3 is 19.9 Å². The van der Waals surface area contributed by atoms with E-state index in [1.54, 1.807) is 14.2 Å². The highest BCUT2D eigenvalue weighted by molar-refractivity contribution is 9.10. The predicted octanol–water partition coefficient (Wildman–Crippen LogP) is 2.22. The van der Waals surface area contributed by atoms with Gasteiger partial charge in [-0.1, -0.05) is 15.9 Å². The average Bonchev–Trinajstić information content (AvgIpc) is 2.53. The quantitative estimate of drug-likeness (QED) is 0.773. The highest BCUT2D eigenvalue weighted by Crippen LogP contribution is 2.38. The van der Waals surface area contributed by atoms with E-state index in [-0.39, 0.29) is 25.1 Å². The number of hydrogen-bond donors (Lipinski definition) is 2. The van der Waals surface area contributed by atoms with Crippen molar-refractivity contribution in [2.75, 3.05) is 47.0 Å². The van der Waals surface area contributed by atoms with Crippen LogP contribution in [0.4, 0.5) is 0 Å². The van der Waals surface area contributed by atoms with E-state index < -0.39 is 0 Å². The van der Waals surface area contributed by atoms with Crippen LogP contribution in [0.3, 0.4) is 0 Å². The van der Waals surface area contributed by atoms with Crippen molar-refractivity contribution in [3.05, 3.63) is 22.2 Å². The Morgan fingerprint density at radius 2 is 1.82 bits per heavy atom. The topological polar surface area (TPSA) is 54.0 Å². The number of piperazine rings is 1. The number of hydrogen-bond acceptors (Lipinski definition) is 5. The molecule has 0 radical (unpaired) electrons. The summed E-state index contributed by atoms with van der Waals surface area (Å²) in [7, 11) is 3.27. The maximum absolute atomic E-state index is 9.43. The first-order chi connectivity index (χ1) is 10.2. The number of methoxy groups -OCH3 is 2. The molecule has 1 atom stereocenters. The molecule has 1 saturated heterocycles. The van der Waals surface area contributed by atoms with Gasteiger partial charge in [-0.3, -0.25) is 4.90 Å². The summed E-state index contributed by atoms with van der Waals surface area (Å²) in [5, 5.41) is 12.8. The zero-order valence-electron chi connectivity index (χ0n) is 13.0. The maximum Gasteiger partial charge on any atom is 0.161 e. The van der Waals surface area contributed by atoms with E-state index in [1.165, 1.54) is 0 Å². The van der Waals surface area contributed by atoms with Gasteiger partial charge in [0.15, 0.2) is 11.5 Å². The van der Waals surface area contributed by atoms with Crippen molar-refractivity contribution >= 4 is 28.3 Å². The molecular formula is C15H24BrClN2O3. The number of aliphatic hydroxyl groups excluding tert-OH is 1. The molecule has 1 fully saturated rings. The van der Waals surface area contributed by atoms with Crippen LogP contribution in [0.25, 0.3) is 0 Å². The van der Waals surface area contributed by atoms with Crippen molar-refractivity contribution in [1.82, 2.24) is 10.2 Å². The molecule has 5 nitrogen and oxygen atoms in total. The molecule has 0 aliphatic carbocycles. The number of benzene rings is 1. The van der Waals surface area contributed by atoms with Crippen molar-refractivity contribution in [3.63, 3.8) is 0 Å². The third-order valence-electron chi connectivity index (χ3n) is 3.86. The van der Waals surface area contributed by atoms with Gasteiger partial charge in [0.2, 0.25) is 0 Å². The lowest BCUT2D eigenvalue weighted by atomic mass is 10.0. The monoisotopic (exact) mass is 394 g/mol. The molecule has 0 unspecified atom stereocenters. The number of halogens is 2. The van der Waals surface area contributed by atoms with Gasteiger partial charge in [-0.25, -0.2) is 0 Å². The standard InChI is InChI=1S/C15H23BrN2O3.ClH/c1-20-14-9-11(12(16)10-15(14)21-2)13(3-8-19)18-6-4-17-5-7-18;/h9-10,13,17,19H,3-8H2,1-2H3;1H/t13-;/m1./s1. The molecular weight excluding hydrogens is 372 g/mol. The van der Waals surface area contributed by atoms with Crippen molar-refractivity contribution < 1.29 is 14.6 Å². The summed E-state index contributed by atoms with van der Waals surface area (Å²) >= 11 is 3.63. The van der Waals surface area contributed by atoms with Gasteiger partial charge in [0.25, 0.3) is 0 Å². The minimum Gasteiger partial charge on any atom is -0.493 e. The van der Waals surface area contributed by atoms with Crippen LogP contribution >= 0.6 is 28.3 Å². The first-order valence-electron chi connectivity index (χ1n) is 7.18. The predicted molar refractivity (Wildman–Crippen MR) is 93.4 cm³/mol. The first kappa shape index (κ1) is 19.5. The molecule has 2 rings (SSSR count). The zero-order valence-corrected chi connectivity index (χ0v) is 15.4. The number of ether oxygens (including phenoxy) is 2. The summed E-state index contributed by atoms with van der Waals surface area (Å²) in [6.45, 7) is 4.08. The van der Waals surface area contributed by atoms with Crippen LogP contribution in [0.15, 0.2) is 16.6 Å². The fourth-order valence-corrected chi connectivity index (χ4v) is 3.36. The minimum atomic E-state index is 0. The first-order valence-corrected chi connectivity index (χ1v) is 7.97. The Morgan fingerprint density at radius 1 is 1.23 bits per heavy atom. The lowest BCUT2D eigenvalue weighted by Crippen LogP contribution is -2.45. The second-order valence-electron chi connectivity index (χ2n) is 5.04. The fraction of sp³-hybridized carbons (Fsp3) is 0.600. The number of rotatable bonds is 6. The molecule has 126 valence electrons. The highest BCUT2D eigenvalue weighted by Gasteiger charge is 2.25. The summed E-state index contributed by atoms with van der Waals surface area (Å²) in [5.74, 6) is 1.42. The average molecular weight is 396 g/mol. The Labute approximate surface area is 146 Å². The van der Waals surface area contributed by atoms with Gasteiger partial charge in [0, 0.05) is 43.3 Å². The number of aliphatic hydroxyl groups is 1. The molecule has 1 aliphatic heterocycles. The lowest BCUT2D eigenvalue weighted by Gasteiger charge is -2.35. The summed E-state index contributed by atoms with van der Waals surface area (Å²) < 4.78 is 11.7. The van der Waals surface area contributed by atoms with Gasteiger partial charge in [-0.15, -0.1) is 12.4 Å². The van der Waals surface area contributed by atoms with Crippen molar-refractivity contribution in [2.24, 2.45) is 0 Å². The summed E-state index contributed by atoms with van der Waals surface area (Å²) in [5.41, 5.74) is 1.13. The van der Waals surface area contributed by atoms with E-state index in [9.17, 15) is 5.11 Å². The van der Waals surface area contributed by atoms with E-state index in [0.29, 0.717) is 17.9 Å². The van der Waals surface area contributed by atoms with Crippen molar-refractivity contribution in [2.45, 2.75) is 12.5 Å². The molecule has 0 saturated carbocycles. The van der Waals surface area contributed by atoms with Crippen LogP contribution in [0.5, 0.6) is 11.5 Å². The third-order valence-corrected chi connectivity index (χ3v) is 4.54. The normalized spacial score (nSPS) is 16.7. The highest BCUT2D eigenvalue weighted by atomic mass is 79.9. The molecule has 0 bridgehead atoms. The molecule has 22 heavy (non-hydrogen) atoms. The van der Waals surface area contributed by atoms with Crippen LogP contribution in [0, 0.1) is 0 Å². The molecule has 1 heterocycles. The third kappa shape index (κ3) is 4.49. The van der Waals surface area contributed by atoms with E-state index >= 15 is 0 Å². The van der Waals surface area contributed by atoms with Gasteiger partial charge in [-0.2, -0.15) is 0 Å². The molecule has 7 heteroatoms. The molecule has 0 amide bonds. The minimum absolute atomic E-state index is 0. The molecule has 0 aromatic heterocycles. The van der Waals surface area contributed by atoms with Gasteiger partial charge in [-0.05, 0) is 24.1 Å². The maximum atomic E-state index is 9.43. The Morgan fingerprint density at radius 3 is 2.36 bits per heavy atom. The van der Waals surface area contributed by atoms with E-state index in [1.807, 2.05) is 12.1 Å². The van der Waals surface area contributed by atoms with Crippen LogP contribution in [-0.4, -0.2) is 57.0 Å². The lowest BCUT2D eigenvalue weighted by molar-refractivity contribution is 0.140. The number of nitrogens with one attached hydrogen (secondary N) is 1. The second-order valence-corrected chi connectivity index (χ2v) is 5.90. The largest absolute Gasteiger partial charge is 0.493 e. The number of nitrogens with zero attached hydrogens (tertiary/aromatic N) is 1. The molecule has 2 N–H and O–H groups in total. The van der Waals surface area contributed by atoms with E-state index in [2.05, 4.69) is 26.1 Å². The summed E-state index contributed by atoms with van der Waals surface area (Å²) in [6.07, 6.45) is 0.702. The SMILES string of the molecule is COc1cc(Br)c([C@@H](CCO)N2CCNCC2)cc1OC.Cl. The van der Waals surface area contributed by atoms with Gasteiger partial charge in [0.05, 0.1) is 14.2 Å². The molecule has 1 aliphatic rings. The van der Waals surface area contributed by atoms with Crippen LogP contribution in [0.1, 0.15) is 18.0 Å². The second kappa shape index (κ2) is 9.57. The van der Waals surface area contributed by atoms with E-state index in [0.717, 1.165) is 36.2 Å². The molecule has 1 aromatic rings. The zero-order chi connectivity index (χ0) is 15.2. The Bertz CT molecular complexity index is 470. The molecule has 1 aromatic carbocycles. The van der Waals surface area contributed by atoms with Crippen LogP contribution < -0.4 is 14.8 Å². The van der Waals surface area contributed by atoms with Crippen LogP contribution in [-0.2, 0) is 0 Å². The summed E-state index contributed by atoms with van der Waals surface area (Å²) in [6, 6.07) is 4.11. The van der Waals surface area contributed by atoms with Crippen LogP contribution in [0.2, 0.25) is 0 Å². The summed E-state index contributed by atoms with van der Waals surface area (Å²) in [4.78, 5) is 2.40. The van der Waals surface area contributed by atoms with Gasteiger partial charge >= 0.3 is 0 Å². The van der Waals surface area contributed by atoms with Gasteiger partial charge in [0.1, 0.15) is 0 Å². The molecule has 0 spiro atoms. The van der Waals surface area contributed by atoms with Crippen molar-refractivity contribution in [1.29, 1.82) is 0 Å².